The van der Waals surface area contributed by atoms with Gasteiger partial charge in [-0.05, 0) is 13.0 Å². The molecule has 5 nitrogen and oxygen atoms in total. The first kappa shape index (κ1) is 13.5. The van der Waals surface area contributed by atoms with Gasteiger partial charge in [0.05, 0.1) is 10.6 Å². The Bertz CT molecular complexity index is 618. The van der Waals surface area contributed by atoms with E-state index in [0.717, 1.165) is 11.3 Å². The second-order valence-corrected chi connectivity index (χ2v) is 6.16. The Labute approximate surface area is 120 Å². The van der Waals surface area contributed by atoms with Gasteiger partial charge in [-0.1, -0.05) is 35.0 Å². The van der Waals surface area contributed by atoms with Crippen molar-refractivity contribution in [3.05, 3.63) is 26.9 Å². The summed E-state index contributed by atoms with van der Waals surface area (Å²) in [5, 5.41) is 16.6. The summed E-state index contributed by atoms with van der Waals surface area (Å²) in [5.74, 6) is -0.992. The van der Waals surface area contributed by atoms with Crippen molar-refractivity contribution in [2.45, 2.75) is 16.2 Å². The van der Waals surface area contributed by atoms with Gasteiger partial charge in [0.25, 0.3) is 0 Å². The van der Waals surface area contributed by atoms with Crippen LogP contribution in [0.25, 0.3) is 0 Å². The maximum absolute atomic E-state index is 10.9. The summed E-state index contributed by atoms with van der Waals surface area (Å²) in [6, 6.07) is 1.55. The third kappa shape index (κ3) is 2.92. The number of rotatable bonds is 3. The molecule has 2 heterocycles. The molecule has 0 bridgehead atoms. The number of hydrogen-bond donors (Lipinski definition) is 1. The van der Waals surface area contributed by atoms with Gasteiger partial charge in [0.1, 0.15) is 4.88 Å². The lowest BCUT2D eigenvalue weighted by Gasteiger charge is -1.99. The van der Waals surface area contributed by atoms with Gasteiger partial charge in [-0.25, -0.2) is 9.78 Å². The van der Waals surface area contributed by atoms with Crippen LogP contribution in [0.1, 0.15) is 15.4 Å². The molecule has 0 amide bonds. The zero-order chi connectivity index (χ0) is 13.3. The SMILES string of the molecule is Cc1nc(Sc2cc(Cl)nnc2Cl)sc1C(=O)O. The van der Waals surface area contributed by atoms with E-state index in [2.05, 4.69) is 15.2 Å². The summed E-state index contributed by atoms with van der Waals surface area (Å²) in [4.78, 5) is 15.8. The molecule has 0 unspecified atom stereocenters. The standard InChI is InChI=1S/C9H5Cl2N3O2S2/c1-3-6(8(15)16)18-9(12-3)17-4-2-5(10)13-14-7(4)11/h2H,1H3,(H,15,16). The maximum Gasteiger partial charge on any atom is 0.347 e. The summed E-state index contributed by atoms with van der Waals surface area (Å²) >= 11 is 13.9. The molecule has 18 heavy (non-hydrogen) atoms. The number of nitrogens with zero attached hydrogens (tertiary/aromatic N) is 3. The predicted octanol–water partition coefficient (Wildman–Crippen LogP) is 3.40. The topological polar surface area (TPSA) is 76.0 Å². The molecule has 9 heteroatoms. The smallest absolute Gasteiger partial charge is 0.347 e. The van der Waals surface area contributed by atoms with Crippen LogP contribution in [0.3, 0.4) is 0 Å². The van der Waals surface area contributed by atoms with Crippen molar-refractivity contribution in [3.63, 3.8) is 0 Å². The van der Waals surface area contributed by atoms with E-state index in [1.165, 1.54) is 11.8 Å². The van der Waals surface area contributed by atoms with E-state index in [9.17, 15) is 4.79 Å². The molecule has 0 radical (unpaired) electrons. The zero-order valence-electron chi connectivity index (χ0n) is 8.85. The number of hydrogen-bond acceptors (Lipinski definition) is 6. The fourth-order valence-electron chi connectivity index (χ4n) is 1.12. The van der Waals surface area contributed by atoms with Crippen molar-refractivity contribution in [1.29, 1.82) is 0 Å². The Morgan fingerprint density at radius 1 is 1.44 bits per heavy atom. The lowest BCUT2D eigenvalue weighted by Crippen LogP contribution is -1.94. The molecule has 1 N–H and O–H groups in total. The van der Waals surface area contributed by atoms with E-state index >= 15 is 0 Å². The Kier molecular flexibility index (Phi) is 4.06. The van der Waals surface area contributed by atoms with Gasteiger partial charge >= 0.3 is 5.97 Å². The van der Waals surface area contributed by atoms with Gasteiger partial charge in [0, 0.05) is 0 Å². The number of aromatic carboxylic acids is 1. The minimum Gasteiger partial charge on any atom is -0.477 e. The summed E-state index contributed by atoms with van der Waals surface area (Å²) < 4.78 is 0.566. The number of carbonyl (C=O) groups is 1. The first-order valence-corrected chi connectivity index (χ1v) is 6.93. The molecule has 2 aromatic rings. The third-order valence-corrected chi connectivity index (χ3v) is 4.67. The summed E-state index contributed by atoms with van der Waals surface area (Å²) in [5.41, 5.74) is 0.472. The van der Waals surface area contributed by atoms with E-state index in [4.69, 9.17) is 28.3 Å². The molecule has 2 aromatic heterocycles. The van der Waals surface area contributed by atoms with Crippen LogP contribution in [0.2, 0.25) is 10.3 Å². The van der Waals surface area contributed by atoms with Crippen LogP contribution >= 0.6 is 46.3 Å². The molecule has 0 saturated carbocycles. The first-order chi connectivity index (χ1) is 8.47. The van der Waals surface area contributed by atoms with Crippen molar-refractivity contribution in [2.75, 3.05) is 0 Å². The first-order valence-electron chi connectivity index (χ1n) is 4.54. The molecule has 0 aromatic carbocycles. The van der Waals surface area contributed by atoms with E-state index < -0.39 is 5.97 Å². The van der Waals surface area contributed by atoms with Gasteiger partial charge in [-0.3, -0.25) is 0 Å². The summed E-state index contributed by atoms with van der Waals surface area (Å²) in [6.45, 7) is 1.64. The predicted molar refractivity (Wildman–Crippen MR) is 70.0 cm³/mol. The van der Waals surface area contributed by atoms with Crippen LogP contribution in [-0.4, -0.2) is 26.3 Å². The Morgan fingerprint density at radius 3 is 2.78 bits per heavy atom. The third-order valence-electron chi connectivity index (χ3n) is 1.86. The van der Waals surface area contributed by atoms with Gasteiger partial charge in [-0.2, -0.15) is 0 Å². The number of aromatic nitrogens is 3. The summed E-state index contributed by atoms with van der Waals surface area (Å²) in [6.07, 6.45) is 0. The molecule has 0 spiro atoms. The van der Waals surface area contributed by atoms with Gasteiger partial charge in [0.2, 0.25) is 0 Å². The van der Waals surface area contributed by atoms with E-state index in [1.54, 1.807) is 13.0 Å². The van der Waals surface area contributed by atoms with E-state index in [0.29, 0.717) is 14.9 Å². The van der Waals surface area contributed by atoms with Crippen LogP contribution in [0.5, 0.6) is 0 Å². The quantitative estimate of drug-likeness (QED) is 0.933. The van der Waals surface area contributed by atoms with Crippen LogP contribution in [0.15, 0.2) is 15.3 Å². The van der Waals surface area contributed by atoms with Crippen molar-refractivity contribution < 1.29 is 9.90 Å². The van der Waals surface area contributed by atoms with Crippen LogP contribution in [0.4, 0.5) is 0 Å². The van der Waals surface area contributed by atoms with Crippen molar-refractivity contribution in [2.24, 2.45) is 0 Å². The average molecular weight is 322 g/mol. The van der Waals surface area contributed by atoms with E-state index in [-0.39, 0.29) is 15.2 Å². The second-order valence-electron chi connectivity index (χ2n) is 3.12. The minimum atomic E-state index is -0.992. The average Bonchev–Trinajstić information content (AvgIpc) is 2.65. The highest BCUT2D eigenvalue weighted by atomic mass is 35.5. The highest BCUT2D eigenvalue weighted by Crippen LogP contribution is 2.36. The van der Waals surface area contributed by atoms with Gasteiger partial charge < -0.3 is 5.11 Å². The van der Waals surface area contributed by atoms with E-state index in [1.807, 2.05) is 0 Å². The largest absolute Gasteiger partial charge is 0.477 e. The molecule has 94 valence electrons. The van der Waals surface area contributed by atoms with Crippen molar-refractivity contribution in [3.8, 4) is 0 Å². The van der Waals surface area contributed by atoms with Crippen molar-refractivity contribution in [1.82, 2.24) is 15.2 Å². The second kappa shape index (κ2) is 5.40. The number of thiazole rings is 1. The minimum absolute atomic E-state index is 0.203. The maximum atomic E-state index is 10.9. The lowest BCUT2D eigenvalue weighted by molar-refractivity contribution is 0.0701. The Balaban J connectivity index is 2.31. The molecule has 0 aliphatic carbocycles. The van der Waals surface area contributed by atoms with Crippen molar-refractivity contribution >= 4 is 52.3 Å². The summed E-state index contributed by atoms with van der Waals surface area (Å²) in [7, 11) is 0. The van der Waals surface area contributed by atoms with Crippen LogP contribution < -0.4 is 0 Å². The molecule has 0 fully saturated rings. The molecule has 2 rings (SSSR count). The fourth-order valence-corrected chi connectivity index (χ4v) is 3.53. The molecule has 0 aliphatic rings. The number of halogens is 2. The van der Waals surface area contributed by atoms with Gasteiger partial charge in [-0.15, -0.1) is 21.5 Å². The Hall–Kier alpha value is -0.890. The molecular formula is C9H5Cl2N3O2S2. The molecular weight excluding hydrogens is 317 g/mol. The fraction of sp³-hybridized carbons (Fsp3) is 0.111. The molecule has 0 atom stereocenters. The number of carboxylic acids is 1. The molecule has 0 aliphatic heterocycles. The molecule has 0 saturated heterocycles. The highest BCUT2D eigenvalue weighted by Gasteiger charge is 2.16. The monoisotopic (exact) mass is 321 g/mol. The van der Waals surface area contributed by atoms with Crippen LogP contribution in [0, 0.1) is 6.92 Å². The normalized spacial score (nSPS) is 10.6. The van der Waals surface area contributed by atoms with Gasteiger partial charge in [0.15, 0.2) is 14.6 Å². The lowest BCUT2D eigenvalue weighted by atomic mass is 10.4. The van der Waals surface area contributed by atoms with Crippen LogP contribution in [-0.2, 0) is 0 Å². The Morgan fingerprint density at radius 2 is 2.17 bits per heavy atom. The zero-order valence-corrected chi connectivity index (χ0v) is 12.0. The highest BCUT2D eigenvalue weighted by molar-refractivity contribution is 8.01. The number of carboxylic acid groups (broad SMARTS) is 1. The number of aryl methyl sites for hydroxylation is 1.